The van der Waals surface area contributed by atoms with Crippen molar-refractivity contribution in [3.05, 3.63) is 34.1 Å². The SMILES string of the molecule is NNc1nc(Cn2cc(Br)cn2)nc2sccc12. The average Bonchev–Trinajstić information content (AvgIpc) is 2.97. The number of fused-ring (bicyclic) bond motifs is 1. The normalized spacial score (nSPS) is 11.0. The smallest absolute Gasteiger partial charge is 0.153 e. The molecule has 0 aromatic carbocycles. The molecule has 0 unspecified atom stereocenters. The third-order valence-corrected chi connectivity index (χ3v) is 3.63. The fourth-order valence-electron chi connectivity index (χ4n) is 1.65. The van der Waals surface area contributed by atoms with Crippen LogP contribution in [0.5, 0.6) is 0 Å². The molecule has 6 nitrogen and oxygen atoms in total. The Morgan fingerprint density at radius 1 is 1.44 bits per heavy atom. The fourth-order valence-corrected chi connectivity index (χ4v) is 2.76. The molecule has 0 atom stereocenters. The summed E-state index contributed by atoms with van der Waals surface area (Å²) in [7, 11) is 0. The maximum absolute atomic E-state index is 5.48. The molecule has 18 heavy (non-hydrogen) atoms. The quantitative estimate of drug-likeness (QED) is 0.568. The van der Waals surface area contributed by atoms with Gasteiger partial charge in [-0.1, -0.05) is 0 Å². The van der Waals surface area contributed by atoms with Gasteiger partial charge in [-0.2, -0.15) is 5.10 Å². The Morgan fingerprint density at radius 2 is 2.33 bits per heavy atom. The molecule has 3 aromatic heterocycles. The number of nitrogens with one attached hydrogen (secondary N) is 1. The first-order valence-corrected chi connectivity index (χ1v) is 6.82. The maximum Gasteiger partial charge on any atom is 0.153 e. The number of aromatic nitrogens is 4. The summed E-state index contributed by atoms with van der Waals surface area (Å²) in [6.07, 6.45) is 3.60. The van der Waals surface area contributed by atoms with Crippen LogP contribution in [0.2, 0.25) is 0 Å². The van der Waals surface area contributed by atoms with Crippen molar-refractivity contribution in [1.82, 2.24) is 19.7 Å². The molecule has 92 valence electrons. The van der Waals surface area contributed by atoms with E-state index in [0.29, 0.717) is 18.2 Å². The van der Waals surface area contributed by atoms with Gasteiger partial charge in [0.2, 0.25) is 0 Å². The van der Waals surface area contributed by atoms with Crippen LogP contribution < -0.4 is 11.3 Å². The van der Waals surface area contributed by atoms with Crippen LogP contribution in [-0.2, 0) is 6.54 Å². The van der Waals surface area contributed by atoms with Gasteiger partial charge in [0.25, 0.3) is 0 Å². The van der Waals surface area contributed by atoms with Gasteiger partial charge >= 0.3 is 0 Å². The highest BCUT2D eigenvalue weighted by Gasteiger charge is 2.08. The highest BCUT2D eigenvalue weighted by atomic mass is 79.9. The van der Waals surface area contributed by atoms with Crippen LogP contribution in [-0.4, -0.2) is 19.7 Å². The van der Waals surface area contributed by atoms with Gasteiger partial charge in [-0.05, 0) is 27.4 Å². The van der Waals surface area contributed by atoms with E-state index >= 15 is 0 Å². The van der Waals surface area contributed by atoms with Crippen molar-refractivity contribution in [3.63, 3.8) is 0 Å². The zero-order valence-electron chi connectivity index (χ0n) is 9.17. The van der Waals surface area contributed by atoms with Crippen molar-refractivity contribution in [2.45, 2.75) is 6.54 Å². The minimum Gasteiger partial charge on any atom is -0.308 e. The number of halogens is 1. The summed E-state index contributed by atoms with van der Waals surface area (Å²) in [5.41, 5.74) is 2.60. The van der Waals surface area contributed by atoms with Gasteiger partial charge in [0.1, 0.15) is 11.4 Å². The molecule has 3 rings (SSSR count). The van der Waals surface area contributed by atoms with Crippen LogP contribution in [0.25, 0.3) is 10.2 Å². The van der Waals surface area contributed by atoms with Crippen molar-refractivity contribution < 1.29 is 0 Å². The fraction of sp³-hybridized carbons (Fsp3) is 0.100. The van der Waals surface area contributed by atoms with Crippen LogP contribution in [0.15, 0.2) is 28.3 Å². The molecule has 0 aliphatic heterocycles. The Bertz CT molecular complexity index is 691. The van der Waals surface area contributed by atoms with E-state index in [4.69, 9.17) is 5.84 Å². The lowest BCUT2D eigenvalue weighted by atomic mass is 10.4. The Labute approximate surface area is 115 Å². The molecule has 3 aromatic rings. The molecule has 0 amide bonds. The number of nitrogen functional groups attached to an aromatic ring is 1. The van der Waals surface area contributed by atoms with Crippen molar-refractivity contribution in [2.24, 2.45) is 5.84 Å². The average molecular weight is 325 g/mol. The van der Waals surface area contributed by atoms with E-state index in [-0.39, 0.29) is 0 Å². The molecular formula is C10H9BrN6S. The number of hydrogen-bond donors (Lipinski definition) is 2. The second kappa shape index (κ2) is 4.63. The zero-order chi connectivity index (χ0) is 12.5. The Morgan fingerprint density at radius 3 is 3.06 bits per heavy atom. The van der Waals surface area contributed by atoms with Crippen LogP contribution in [0.4, 0.5) is 5.82 Å². The first kappa shape index (κ1) is 11.6. The Hall–Kier alpha value is -1.51. The van der Waals surface area contributed by atoms with E-state index in [1.54, 1.807) is 22.2 Å². The highest BCUT2D eigenvalue weighted by Crippen LogP contribution is 2.24. The largest absolute Gasteiger partial charge is 0.308 e. The molecule has 0 saturated carbocycles. The Balaban J connectivity index is 2.01. The number of nitrogens with zero attached hydrogens (tertiary/aromatic N) is 4. The van der Waals surface area contributed by atoms with Crippen LogP contribution in [0, 0.1) is 0 Å². The van der Waals surface area contributed by atoms with Crippen molar-refractivity contribution in [1.29, 1.82) is 0 Å². The van der Waals surface area contributed by atoms with Gasteiger partial charge < -0.3 is 5.43 Å². The summed E-state index contributed by atoms with van der Waals surface area (Å²) in [4.78, 5) is 9.78. The molecule has 0 saturated heterocycles. The summed E-state index contributed by atoms with van der Waals surface area (Å²) >= 11 is 4.91. The number of hydrogen-bond acceptors (Lipinski definition) is 6. The number of thiophene rings is 1. The van der Waals surface area contributed by atoms with E-state index in [9.17, 15) is 0 Å². The second-order valence-corrected chi connectivity index (χ2v) is 5.44. The van der Waals surface area contributed by atoms with Gasteiger partial charge in [0, 0.05) is 6.20 Å². The molecule has 3 N–H and O–H groups in total. The van der Waals surface area contributed by atoms with E-state index in [2.05, 4.69) is 36.4 Å². The zero-order valence-corrected chi connectivity index (χ0v) is 11.6. The van der Waals surface area contributed by atoms with Crippen molar-refractivity contribution in [2.75, 3.05) is 5.43 Å². The Kier molecular flexibility index (Phi) is 2.98. The summed E-state index contributed by atoms with van der Waals surface area (Å²) in [5.74, 6) is 6.79. The topological polar surface area (TPSA) is 81.6 Å². The lowest BCUT2D eigenvalue weighted by Crippen LogP contribution is -2.12. The predicted octanol–water partition coefficient (Wildman–Crippen LogP) is 1.98. The predicted molar refractivity (Wildman–Crippen MR) is 74.3 cm³/mol. The first-order chi connectivity index (χ1) is 8.76. The molecular weight excluding hydrogens is 316 g/mol. The molecule has 0 aliphatic rings. The van der Waals surface area contributed by atoms with Gasteiger partial charge in [-0.15, -0.1) is 11.3 Å². The number of nitrogens with two attached hydrogens (primary N) is 1. The van der Waals surface area contributed by atoms with Crippen LogP contribution in [0.3, 0.4) is 0 Å². The highest BCUT2D eigenvalue weighted by molar-refractivity contribution is 9.10. The first-order valence-electron chi connectivity index (χ1n) is 5.15. The van der Waals surface area contributed by atoms with Crippen LogP contribution >= 0.6 is 27.3 Å². The lowest BCUT2D eigenvalue weighted by Gasteiger charge is -2.05. The minimum absolute atomic E-state index is 0.508. The third-order valence-electron chi connectivity index (χ3n) is 2.41. The summed E-state index contributed by atoms with van der Waals surface area (Å²) in [6.45, 7) is 0.508. The summed E-state index contributed by atoms with van der Waals surface area (Å²) in [5, 5.41) is 7.08. The van der Waals surface area contributed by atoms with Crippen LogP contribution in [0.1, 0.15) is 5.82 Å². The molecule has 0 bridgehead atoms. The van der Waals surface area contributed by atoms with Gasteiger partial charge in [0.15, 0.2) is 11.6 Å². The van der Waals surface area contributed by atoms with E-state index < -0.39 is 0 Å². The molecule has 0 spiro atoms. The van der Waals surface area contributed by atoms with Gasteiger partial charge in [0.05, 0.1) is 16.1 Å². The number of hydrazine groups is 1. The maximum atomic E-state index is 5.48. The van der Waals surface area contributed by atoms with E-state index in [1.807, 2.05) is 17.6 Å². The van der Waals surface area contributed by atoms with Crippen molar-refractivity contribution >= 4 is 43.3 Å². The van der Waals surface area contributed by atoms with E-state index in [1.165, 1.54) is 0 Å². The number of anilines is 1. The summed E-state index contributed by atoms with van der Waals surface area (Å²) < 4.78 is 2.69. The molecule has 0 radical (unpaired) electrons. The standard InChI is InChI=1S/C10H9BrN6S/c11-6-3-13-17(4-6)5-8-14-9(16-12)7-1-2-18-10(7)15-8/h1-4H,5,12H2,(H,14,15,16). The molecule has 8 heteroatoms. The molecule has 0 fully saturated rings. The van der Waals surface area contributed by atoms with Gasteiger partial charge in [-0.25, -0.2) is 15.8 Å². The molecule has 0 aliphatic carbocycles. The third kappa shape index (κ3) is 2.09. The minimum atomic E-state index is 0.508. The number of rotatable bonds is 3. The van der Waals surface area contributed by atoms with Crippen molar-refractivity contribution in [3.8, 4) is 0 Å². The van der Waals surface area contributed by atoms with E-state index in [0.717, 1.165) is 14.7 Å². The van der Waals surface area contributed by atoms with Gasteiger partial charge in [-0.3, -0.25) is 4.68 Å². The summed E-state index contributed by atoms with van der Waals surface area (Å²) in [6, 6.07) is 1.95. The lowest BCUT2D eigenvalue weighted by molar-refractivity contribution is 0.658. The molecule has 3 heterocycles. The second-order valence-electron chi connectivity index (χ2n) is 3.63. The monoisotopic (exact) mass is 324 g/mol.